The van der Waals surface area contributed by atoms with E-state index < -0.39 is 61.5 Å². The van der Waals surface area contributed by atoms with Crippen LogP contribution in [0, 0.1) is 0 Å². The lowest BCUT2D eigenvalue weighted by atomic mass is 9.99. The molecule has 8 unspecified atom stereocenters. The third-order valence-electron chi connectivity index (χ3n) is 14.6. The monoisotopic (exact) mass is 994 g/mol. The molecule has 1 amide bonds. The third kappa shape index (κ3) is 38.2. The maximum Gasteiger partial charge on any atom is 0.249 e. The van der Waals surface area contributed by atoms with Crippen LogP contribution in [0.1, 0.15) is 290 Å². The van der Waals surface area contributed by atoms with Gasteiger partial charge in [0.05, 0.1) is 25.4 Å². The van der Waals surface area contributed by atoms with Gasteiger partial charge >= 0.3 is 0 Å². The van der Waals surface area contributed by atoms with Gasteiger partial charge in [0.1, 0.15) is 30.5 Å². The highest BCUT2D eigenvalue weighted by molar-refractivity contribution is 5.80. The molecule has 0 spiro atoms. The molecule has 0 saturated carbocycles. The highest BCUT2D eigenvalue weighted by Crippen LogP contribution is 2.23. The van der Waals surface area contributed by atoms with E-state index >= 15 is 0 Å². The van der Waals surface area contributed by atoms with Gasteiger partial charge in [0.15, 0.2) is 6.29 Å². The Morgan fingerprint density at radius 3 is 1.20 bits per heavy atom. The van der Waals surface area contributed by atoms with E-state index in [0.29, 0.717) is 6.42 Å². The molecule has 1 fully saturated rings. The quantitative estimate of drug-likeness (QED) is 0.0232. The van der Waals surface area contributed by atoms with Crippen LogP contribution in [-0.4, -0.2) is 98.7 Å². The van der Waals surface area contributed by atoms with Crippen molar-refractivity contribution in [2.45, 2.75) is 339 Å². The van der Waals surface area contributed by atoms with Crippen molar-refractivity contribution >= 4 is 5.91 Å². The van der Waals surface area contributed by atoms with E-state index in [0.717, 1.165) is 44.9 Å². The van der Waals surface area contributed by atoms with Crippen molar-refractivity contribution < 1.29 is 44.9 Å². The Bertz CT molecular complexity index is 1170. The average Bonchev–Trinajstić information content (AvgIpc) is 3.36. The summed E-state index contributed by atoms with van der Waals surface area (Å²) in [7, 11) is 0. The SMILES string of the molecule is CCCCCCCCCCCCCC/C=C\CCCCCCCCCCCCCCCCC(O)C(=O)NC(COC1OC(CO)C(O)C(O)C1O)C(O)/C=C/CCCCCCCCCCCCCCC. The summed E-state index contributed by atoms with van der Waals surface area (Å²) in [6.45, 7) is 3.64. The van der Waals surface area contributed by atoms with Crippen molar-refractivity contribution in [1.82, 2.24) is 5.32 Å². The minimum atomic E-state index is -1.61. The van der Waals surface area contributed by atoms with E-state index in [4.69, 9.17) is 9.47 Å². The van der Waals surface area contributed by atoms with Crippen molar-refractivity contribution in [2.24, 2.45) is 0 Å². The molecule has 1 aliphatic rings. The molecule has 10 nitrogen and oxygen atoms in total. The van der Waals surface area contributed by atoms with Crippen molar-refractivity contribution in [1.29, 1.82) is 0 Å². The number of amides is 1. The maximum absolute atomic E-state index is 13.1. The molecule has 0 radical (unpaired) electrons. The summed E-state index contributed by atoms with van der Waals surface area (Å²) in [4.78, 5) is 13.1. The number of carbonyl (C=O) groups is 1. The summed E-state index contributed by atoms with van der Waals surface area (Å²) in [5.41, 5.74) is 0. The zero-order chi connectivity index (χ0) is 51.0. The summed E-state index contributed by atoms with van der Waals surface area (Å²) in [6, 6.07) is -0.978. The normalized spacial score (nSPS) is 19.9. The Morgan fingerprint density at radius 2 is 0.829 bits per heavy atom. The third-order valence-corrected chi connectivity index (χ3v) is 14.6. The van der Waals surface area contributed by atoms with Gasteiger partial charge in [0.2, 0.25) is 5.91 Å². The molecule has 0 aromatic rings. The van der Waals surface area contributed by atoms with Gasteiger partial charge in [-0.1, -0.05) is 269 Å². The lowest BCUT2D eigenvalue weighted by molar-refractivity contribution is -0.302. The molecule has 0 aromatic heterocycles. The number of hydrogen-bond acceptors (Lipinski definition) is 9. The van der Waals surface area contributed by atoms with Crippen LogP contribution in [0.5, 0.6) is 0 Å². The predicted molar refractivity (Wildman–Crippen MR) is 292 cm³/mol. The standard InChI is InChI=1S/C60H115NO9/c1-3-5-7-9-11-13-15-17-19-20-21-22-23-24-25-26-27-28-29-30-31-32-33-35-37-39-41-43-45-47-49-54(64)59(68)61-52(51-69-60-58(67)57(66)56(65)55(50-62)70-60)53(63)48-46-44-42-40-38-36-34-18-16-14-12-10-8-6-4-2/h24-25,46,48,52-58,60,62-67H,3-23,26-45,47,49-51H2,1-2H3,(H,61,68)/b25-24-,48-46+. The van der Waals surface area contributed by atoms with Gasteiger partial charge in [-0.15, -0.1) is 0 Å². The molecule has 1 rings (SSSR count). The second-order valence-corrected chi connectivity index (χ2v) is 21.3. The predicted octanol–water partition coefficient (Wildman–Crippen LogP) is 13.9. The number of carbonyl (C=O) groups excluding carboxylic acids is 1. The zero-order valence-corrected chi connectivity index (χ0v) is 45.7. The molecule has 70 heavy (non-hydrogen) atoms. The van der Waals surface area contributed by atoms with Gasteiger partial charge in [-0.05, 0) is 44.9 Å². The van der Waals surface area contributed by atoms with Gasteiger partial charge in [0.25, 0.3) is 0 Å². The molecule has 8 atom stereocenters. The summed E-state index contributed by atoms with van der Waals surface area (Å²) < 4.78 is 11.2. The molecular formula is C60H115NO9. The maximum atomic E-state index is 13.1. The molecule has 1 heterocycles. The highest BCUT2D eigenvalue weighted by Gasteiger charge is 2.44. The summed E-state index contributed by atoms with van der Waals surface area (Å²) in [6.07, 6.45) is 52.9. The fraction of sp³-hybridized carbons (Fsp3) is 0.917. The van der Waals surface area contributed by atoms with Crippen LogP contribution < -0.4 is 5.32 Å². The number of hydrogen-bond donors (Lipinski definition) is 7. The summed E-state index contributed by atoms with van der Waals surface area (Å²) in [5, 5.41) is 65.0. The fourth-order valence-corrected chi connectivity index (χ4v) is 9.75. The number of ether oxygens (including phenoxy) is 2. The first-order valence-electron chi connectivity index (χ1n) is 30.2. The van der Waals surface area contributed by atoms with Crippen LogP contribution in [0.25, 0.3) is 0 Å². The van der Waals surface area contributed by atoms with Crippen LogP contribution >= 0.6 is 0 Å². The van der Waals surface area contributed by atoms with Crippen LogP contribution in [0.3, 0.4) is 0 Å². The molecule has 414 valence electrons. The second kappa shape index (κ2) is 49.8. The Kier molecular flexibility index (Phi) is 47.4. The molecule has 0 aliphatic carbocycles. The number of allylic oxidation sites excluding steroid dienone is 3. The van der Waals surface area contributed by atoms with E-state index in [-0.39, 0.29) is 6.61 Å². The van der Waals surface area contributed by atoms with Crippen molar-refractivity contribution in [2.75, 3.05) is 13.2 Å². The van der Waals surface area contributed by atoms with E-state index in [1.54, 1.807) is 6.08 Å². The van der Waals surface area contributed by atoms with Gasteiger partial charge in [-0.25, -0.2) is 0 Å². The number of nitrogens with one attached hydrogen (secondary N) is 1. The van der Waals surface area contributed by atoms with E-state index in [9.17, 15) is 35.4 Å². The van der Waals surface area contributed by atoms with Gasteiger partial charge in [-0.3, -0.25) is 4.79 Å². The van der Waals surface area contributed by atoms with Crippen molar-refractivity contribution in [3.05, 3.63) is 24.3 Å². The number of aliphatic hydroxyl groups is 6. The molecular weight excluding hydrogens is 879 g/mol. The molecule has 10 heteroatoms. The fourth-order valence-electron chi connectivity index (χ4n) is 9.75. The lowest BCUT2D eigenvalue weighted by Gasteiger charge is -2.40. The first-order valence-corrected chi connectivity index (χ1v) is 30.2. The van der Waals surface area contributed by atoms with E-state index in [2.05, 4.69) is 31.3 Å². The first-order chi connectivity index (χ1) is 34.3. The smallest absolute Gasteiger partial charge is 0.249 e. The number of rotatable bonds is 52. The molecule has 1 aliphatic heterocycles. The topological polar surface area (TPSA) is 169 Å². The van der Waals surface area contributed by atoms with Crippen molar-refractivity contribution in [3.63, 3.8) is 0 Å². The Labute approximate surface area is 431 Å². The summed E-state index contributed by atoms with van der Waals surface area (Å²) in [5.74, 6) is -0.612. The second-order valence-electron chi connectivity index (χ2n) is 21.3. The first kappa shape index (κ1) is 66.6. The average molecular weight is 995 g/mol. The minimum Gasteiger partial charge on any atom is -0.394 e. The lowest BCUT2D eigenvalue weighted by Crippen LogP contribution is -2.60. The van der Waals surface area contributed by atoms with Crippen LogP contribution in [0.15, 0.2) is 24.3 Å². The highest BCUT2D eigenvalue weighted by atomic mass is 16.7. The van der Waals surface area contributed by atoms with Crippen LogP contribution in [0.2, 0.25) is 0 Å². The van der Waals surface area contributed by atoms with Crippen molar-refractivity contribution in [3.8, 4) is 0 Å². The molecule has 0 bridgehead atoms. The number of unbranched alkanes of at least 4 members (excludes halogenated alkanes) is 39. The van der Waals surface area contributed by atoms with Gasteiger partial charge < -0.3 is 45.4 Å². The number of aliphatic hydroxyl groups excluding tert-OH is 6. The van der Waals surface area contributed by atoms with E-state index in [1.165, 1.54) is 225 Å². The Balaban J connectivity index is 2.18. The molecule has 1 saturated heterocycles. The summed E-state index contributed by atoms with van der Waals surface area (Å²) >= 11 is 0. The zero-order valence-electron chi connectivity index (χ0n) is 45.7. The Morgan fingerprint density at radius 1 is 0.486 bits per heavy atom. The minimum absolute atomic E-state index is 0.303. The largest absolute Gasteiger partial charge is 0.394 e. The van der Waals surface area contributed by atoms with Gasteiger partial charge in [0, 0.05) is 0 Å². The molecule has 7 N–H and O–H groups in total. The van der Waals surface area contributed by atoms with Crippen LogP contribution in [0.4, 0.5) is 0 Å². The molecule has 0 aromatic carbocycles. The Hall–Kier alpha value is -1.37. The van der Waals surface area contributed by atoms with Gasteiger partial charge in [-0.2, -0.15) is 0 Å². The van der Waals surface area contributed by atoms with E-state index in [1.807, 2.05) is 6.08 Å². The van der Waals surface area contributed by atoms with Crippen LogP contribution in [-0.2, 0) is 14.3 Å².